The standard InChI is InChI=1S/C16H16N4O2S/c1-11-6-7-13(22-2)12(9-11)17-15(21)10-23-16-19-18-14-5-3-4-8-20(14)16/h3-9H,10H2,1-2H3,(H,17,21). The first kappa shape index (κ1) is 15.4. The van der Waals surface area contributed by atoms with Crippen LogP contribution in [0.5, 0.6) is 5.75 Å². The minimum absolute atomic E-state index is 0.119. The number of benzene rings is 1. The number of carbonyl (C=O) groups is 1. The lowest BCUT2D eigenvalue weighted by Crippen LogP contribution is -2.15. The van der Waals surface area contributed by atoms with Crippen LogP contribution in [0.25, 0.3) is 5.65 Å². The van der Waals surface area contributed by atoms with Gasteiger partial charge >= 0.3 is 0 Å². The van der Waals surface area contributed by atoms with Gasteiger partial charge in [0.05, 0.1) is 18.6 Å². The first-order chi connectivity index (χ1) is 11.2. The molecule has 0 unspecified atom stereocenters. The summed E-state index contributed by atoms with van der Waals surface area (Å²) in [4.78, 5) is 12.2. The number of fused-ring (bicyclic) bond motifs is 1. The van der Waals surface area contributed by atoms with Gasteiger partial charge in [-0.2, -0.15) is 0 Å². The van der Waals surface area contributed by atoms with E-state index in [1.807, 2.05) is 53.9 Å². The molecule has 118 valence electrons. The second kappa shape index (κ2) is 6.70. The first-order valence-corrected chi connectivity index (χ1v) is 8.03. The maximum Gasteiger partial charge on any atom is 0.234 e. The van der Waals surface area contributed by atoms with Crippen molar-refractivity contribution in [1.82, 2.24) is 14.6 Å². The third-order valence-corrected chi connectivity index (χ3v) is 4.19. The van der Waals surface area contributed by atoms with E-state index in [-0.39, 0.29) is 11.7 Å². The molecule has 0 aliphatic carbocycles. The maximum absolute atomic E-state index is 12.2. The zero-order chi connectivity index (χ0) is 16.2. The van der Waals surface area contributed by atoms with Crippen LogP contribution in [0.2, 0.25) is 0 Å². The summed E-state index contributed by atoms with van der Waals surface area (Å²) >= 11 is 1.34. The van der Waals surface area contributed by atoms with Crippen molar-refractivity contribution >= 4 is 29.0 Å². The average Bonchev–Trinajstić information content (AvgIpc) is 2.96. The van der Waals surface area contributed by atoms with Crippen molar-refractivity contribution in [2.24, 2.45) is 0 Å². The quantitative estimate of drug-likeness (QED) is 0.729. The number of rotatable bonds is 5. The molecular weight excluding hydrogens is 312 g/mol. The molecule has 0 fully saturated rings. The molecule has 0 spiro atoms. The molecular formula is C16H16N4O2S. The predicted molar refractivity (Wildman–Crippen MR) is 90.1 cm³/mol. The monoisotopic (exact) mass is 328 g/mol. The third-order valence-electron chi connectivity index (χ3n) is 3.24. The first-order valence-electron chi connectivity index (χ1n) is 7.04. The number of nitrogens with one attached hydrogen (secondary N) is 1. The van der Waals surface area contributed by atoms with E-state index < -0.39 is 0 Å². The van der Waals surface area contributed by atoms with Crippen LogP contribution >= 0.6 is 11.8 Å². The number of nitrogens with zero attached hydrogens (tertiary/aromatic N) is 3. The zero-order valence-corrected chi connectivity index (χ0v) is 13.6. The van der Waals surface area contributed by atoms with Crippen LogP contribution in [-0.4, -0.2) is 33.4 Å². The summed E-state index contributed by atoms with van der Waals surface area (Å²) in [5, 5.41) is 11.7. The lowest BCUT2D eigenvalue weighted by molar-refractivity contribution is -0.113. The Balaban J connectivity index is 1.67. The van der Waals surface area contributed by atoms with Gasteiger partial charge in [-0.05, 0) is 36.8 Å². The Morgan fingerprint density at radius 2 is 2.17 bits per heavy atom. The second-order valence-corrected chi connectivity index (χ2v) is 5.89. The van der Waals surface area contributed by atoms with Gasteiger partial charge in [0.25, 0.3) is 0 Å². The van der Waals surface area contributed by atoms with Crippen molar-refractivity contribution in [3.63, 3.8) is 0 Å². The van der Waals surface area contributed by atoms with Crippen molar-refractivity contribution < 1.29 is 9.53 Å². The highest BCUT2D eigenvalue weighted by atomic mass is 32.2. The Hall–Kier alpha value is -2.54. The van der Waals surface area contributed by atoms with Crippen LogP contribution in [0.4, 0.5) is 5.69 Å². The van der Waals surface area contributed by atoms with Gasteiger partial charge < -0.3 is 10.1 Å². The molecule has 1 N–H and O–H groups in total. The average molecular weight is 328 g/mol. The number of aromatic nitrogens is 3. The van der Waals surface area contributed by atoms with Crippen LogP contribution in [0, 0.1) is 6.92 Å². The fourth-order valence-corrected chi connectivity index (χ4v) is 2.88. The zero-order valence-electron chi connectivity index (χ0n) is 12.8. The van der Waals surface area contributed by atoms with E-state index in [1.54, 1.807) is 7.11 Å². The van der Waals surface area contributed by atoms with Crippen LogP contribution in [0.3, 0.4) is 0 Å². The summed E-state index contributed by atoms with van der Waals surface area (Å²) in [6.45, 7) is 1.96. The fraction of sp³-hybridized carbons (Fsp3) is 0.188. The highest BCUT2D eigenvalue weighted by Gasteiger charge is 2.11. The van der Waals surface area contributed by atoms with Crippen molar-refractivity contribution in [2.75, 3.05) is 18.2 Å². The van der Waals surface area contributed by atoms with E-state index in [1.165, 1.54) is 11.8 Å². The van der Waals surface area contributed by atoms with Gasteiger partial charge in [-0.25, -0.2) is 0 Å². The lowest BCUT2D eigenvalue weighted by atomic mass is 10.2. The molecule has 0 radical (unpaired) electrons. The third kappa shape index (κ3) is 3.45. The summed E-state index contributed by atoms with van der Waals surface area (Å²) < 4.78 is 7.11. The number of ether oxygens (including phenoxy) is 1. The van der Waals surface area contributed by atoms with Crippen molar-refractivity contribution in [3.05, 3.63) is 48.2 Å². The fourth-order valence-electron chi connectivity index (χ4n) is 2.15. The van der Waals surface area contributed by atoms with Gasteiger partial charge in [0.15, 0.2) is 10.8 Å². The molecule has 0 aliphatic heterocycles. The number of hydrogen-bond donors (Lipinski definition) is 1. The molecule has 0 saturated carbocycles. The summed E-state index contributed by atoms with van der Waals surface area (Å²) in [5.41, 5.74) is 2.48. The smallest absolute Gasteiger partial charge is 0.234 e. The minimum Gasteiger partial charge on any atom is -0.495 e. The number of carbonyl (C=O) groups excluding carboxylic acids is 1. The summed E-state index contributed by atoms with van der Waals surface area (Å²) in [7, 11) is 1.58. The minimum atomic E-state index is -0.119. The number of hydrogen-bond acceptors (Lipinski definition) is 5. The van der Waals surface area contributed by atoms with Gasteiger partial charge in [0, 0.05) is 6.20 Å². The summed E-state index contributed by atoms with van der Waals surface area (Å²) in [6.07, 6.45) is 1.87. The van der Waals surface area contributed by atoms with Crippen LogP contribution in [0.1, 0.15) is 5.56 Å². The molecule has 2 heterocycles. The molecule has 0 bridgehead atoms. The Morgan fingerprint density at radius 1 is 1.30 bits per heavy atom. The molecule has 1 aromatic carbocycles. The Bertz CT molecular complexity index is 847. The number of anilines is 1. The topological polar surface area (TPSA) is 68.5 Å². The lowest BCUT2D eigenvalue weighted by Gasteiger charge is -2.10. The van der Waals surface area contributed by atoms with Crippen molar-refractivity contribution in [3.8, 4) is 5.75 Å². The Morgan fingerprint density at radius 3 is 3.00 bits per heavy atom. The van der Waals surface area contributed by atoms with Gasteiger partial charge in [0.2, 0.25) is 5.91 Å². The van der Waals surface area contributed by atoms with Gasteiger partial charge in [-0.15, -0.1) is 10.2 Å². The molecule has 0 saturated heterocycles. The molecule has 0 atom stereocenters. The number of thioether (sulfide) groups is 1. The van der Waals surface area contributed by atoms with Gasteiger partial charge in [-0.1, -0.05) is 23.9 Å². The van der Waals surface area contributed by atoms with E-state index in [2.05, 4.69) is 15.5 Å². The number of amides is 1. The van der Waals surface area contributed by atoms with Crippen LogP contribution in [-0.2, 0) is 4.79 Å². The maximum atomic E-state index is 12.2. The second-order valence-electron chi connectivity index (χ2n) is 4.95. The SMILES string of the molecule is COc1ccc(C)cc1NC(=O)CSc1nnc2ccccn12. The number of aryl methyl sites for hydroxylation is 1. The van der Waals surface area contributed by atoms with E-state index >= 15 is 0 Å². The molecule has 23 heavy (non-hydrogen) atoms. The van der Waals surface area contributed by atoms with Crippen LogP contribution < -0.4 is 10.1 Å². The molecule has 7 heteroatoms. The summed E-state index contributed by atoms with van der Waals surface area (Å²) in [6, 6.07) is 11.3. The van der Waals surface area contributed by atoms with E-state index in [4.69, 9.17) is 4.74 Å². The van der Waals surface area contributed by atoms with Crippen molar-refractivity contribution in [1.29, 1.82) is 0 Å². The number of methoxy groups -OCH3 is 1. The largest absolute Gasteiger partial charge is 0.495 e. The van der Waals surface area contributed by atoms with Gasteiger partial charge in [0.1, 0.15) is 5.75 Å². The van der Waals surface area contributed by atoms with Crippen LogP contribution in [0.15, 0.2) is 47.8 Å². The number of pyridine rings is 1. The normalized spacial score (nSPS) is 10.7. The summed E-state index contributed by atoms with van der Waals surface area (Å²) in [5.74, 6) is 0.765. The molecule has 3 aromatic rings. The predicted octanol–water partition coefficient (Wildman–Crippen LogP) is 2.78. The molecule has 6 nitrogen and oxygen atoms in total. The van der Waals surface area contributed by atoms with E-state index in [0.29, 0.717) is 16.6 Å². The molecule has 1 amide bonds. The Kier molecular flexibility index (Phi) is 4.47. The highest BCUT2D eigenvalue weighted by molar-refractivity contribution is 7.99. The Labute approximate surface area is 137 Å². The molecule has 2 aromatic heterocycles. The van der Waals surface area contributed by atoms with Crippen molar-refractivity contribution in [2.45, 2.75) is 12.1 Å². The highest BCUT2D eigenvalue weighted by Crippen LogP contribution is 2.25. The molecule has 3 rings (SSSR count). The van der Waals surface area contributed by atoms with E-state index in [9.17, 15) is 4.79 Å². The van der Waals surface area contributed by atoms with E-state index in [0.717, 1.165) is 11.2 Å². The van der Waals surface area contributed by atoms with Gasteiger partial charge in [-0.3, -0.25) is 9.20 Å². The molecule has 0 aliphatic rings.